The molecule has 10 heavy (non-hydrogen) atoms. The van der Waals surface area contributed by atoms with Crippen LogP contribution in [-0.4, -0.2) is 53.7 Å². The van der Waals surface area contributed by atoms with Crippen LogP contribution in [0.4, 0.5) is 0 Å². The maximum atomic E-state index is 8.66. The predicted molar refractivity (Wildman–Crippen MR) is 40.4 cm³/mol. The lowest BCUT2D eigenvalue weighted by atomic mass is 10.5. The van der Waals surface area contributed by atoms with E-state index in [-0.39, 0.29) is 6.61 Å². The third kappa shape index (κ3) is 1.29. The summed E-state index contributed by atoms with van der Waals surface area (Å²) in [4.78, 5) is 2.19. The van der Waals surface area contributed by atoms with Crippen LogP contribution in [-0.2, 0) is 0 Å². The van der Waals surface area contributed by atoms with E-state index in [1.807, 2.05) is 0 Å². The predicted octanol–water partition coefficient (Wildman–Crippen LogP) is -0.645. The molecule has 1 heterocycles. The third-order valence-corrected chi connectivity index (χ3v) is 2.09. The number of hydrogen-bond donors (Lipinski definition) is 1. The van der Waals surface area contributed by atoms with Crippen LogP contribution in [0.1, 0.15) is 6.92 Å². The van der Waals surface area contributed by atoms with Crippen molar-refractivity contribution in [3.8, 4) is 0 Å². The second kappa shape index (κ2) is 3.01. The highest BCUT2D eigenvalue weighted by molar-refractivity contribution is 5.75. The maximum Gasteiger partial charge on any atom is 0.243 e. The average molecular weight is 143 g/mol. The summed E-state index contributed by atoms with van der Waals surface area (Å²) in [5.41, 5.74) is 0. The topological polar surface area (TPSA) is 26.5 Å². The Labute approximate surface area is 61.6 Å². The standard InChI is InChI=1S/C7H15N2O/c1-7-8(2)3-4-9(7)5-6-10/h10H,3-6H2,1-2H3/q+1. The van der Waals surface area contributed by atoms with Crippen molar-refractivity contribution in [2.75, 3.05) is 33.3 Å². The molecular formula is C7H15N2O+. The summed E-state index contributed by atoms with van der Waals surface area (Å²) in [6.45, 7) is 5.26. The van der Waals surface area contributed by atoms with Gasteiger partial charge in [-0.2, -0.15) is 0 Å². The first kappa shape index (κ1) is 7.54. The molecule has 0 amide bonds. The fourth-order valence-electron chi connectivity index (χ4n) is 1.23. The van der Waals surface area contributed by atoms with Gasteiger partial charge in [0.05, 0.1) is 13.7 Å². The number of rotatable bonds is 2. The molecule has 0 aromatic heterocycles. The molecule has 3 nitrogen and oxygen atoms in total. The number of aliphatic hydroxyl groups is 1. The van der Waals surface area contributed by atoms with E-state index < -0.39 is 0 Å². The molecule has 0 saturated carbocycles. The minimum absolute atomic E-state index is 0.255. The van der Waals surface area contributed by atoms with Crippen molar-refractivity contribution in [3.05, 3.63) is 0 Å². The zero-order valence-electron chi connectivity index (χ0n) is 6.67. The Balaban J connectivity index is 2.50. The summed E-state index contributed by atoms with van der Waals surface area (Å²) >= 11 is 0. The smallest absolute Gasteiger partial charge is 0.243 e. The Bertz CT molecular complexity index is 154. The van der Waals surface area contributed by atoms with Crippen LogP contribution in [0.3, 0.4) is 0 Å². The van der Waals surface area contributed by atoms with Gasteiger partial charge in [-0.1, -0.05) is 0 Å². The van der Waals surface area contributed by atoms with Gasteiger partial charge >= 0.3 is 0 Å². The van der Waals surface area contributed by atoms with Gasteiger partial charge in [0.1, 0.15) is 19.6 Å². The van der Waals surface area contributed by atoms with E-state index in [4.69, 9.17) is 5.11 Å². The van der Waals surface area contributed by atoms with Crippen molar-refractivity contribution in [1.82, 2.24) is 4.90 Å². The van der Waals surface area contributed by atoms with E-state index >= 15 is 0 Å². The van der Waals surface area contributed by atoms with Crippen LogP contribution in [0.15, 0.2) is 0 Å². The first-order valence-corrected chi connectivity index (χ1v) is 3.66. The number of amidine groups is 1. The van der Waals surface area contributed by atoms with Crippen LogP contribution in [0, 0.1) is 0 Å². The normalized spacial score (nSPS) is 18.9. The van der Waals surface area contributed by atoms with Crippen molar-refractivity contribution in [2.24, 2.45) is 0 Å². The molecule has 58 valence electrons. The first-order valence-electron chi connectivity index (χ1n) is 3.66. The lowest BCUT2D eigenvalue weighted by molar-refractivity contribution is -0.487. The molecule has 0 fully saturated rings. The van der Waals surface area contributed by atoms with Gasteiger partial charge in [0.25, 0.3) is 0 Å². The highest BCUT2D eigenvalue weighted by Gasteiger charge is 2.22. The van der Waals surface area contributed by atoms with Crippen molar-refractivity contribution in [3.63, 3.8) is 0 Å². The number of aliphatic hydroxyl groups excluding tert-OH is 1. The minimum atomic E-state index is 0.255. The van der Waals surface area contributed by atoms with Crippen LogP contribution in [0.2, 0.25) is 0 Å². The SMILES string of the molecule is CC1=[N+](C)CCN1CCO. The van der Waals surface area contributed by atoms with Gasteiger partial charge in [0.15, 0.2) is 0 Å². The van der Waals surface area contributed by atoms with Crippen molar-refractivity contribution >= 4 is 5.84 Å². The molecule has 0 aliphatic carbocycles. The van der Waals surface area contributed by atoms with Gasteiger partial charge in [-0.25, -0.2) is 0 Å². The lowest BCUT2D eigenvalue weighted by Crippen LogP contribution is -2.29. The molecule has 3 heteroatoms. The molecule has 0 saturated heterocycles. The second-order valence-corrected chi connectivity index (χ2v) is 2.68. The maximum absolute atomic E-state index is 8.66. The number of hydrogen-bond acceptors (Lipinski definition) is 2. The molecule has 0 unspecified atom stereocenters. The third-order valence-electron chi connectivity index (χ3n) is 2.09. The summed E-state index contributed by atoms with van der Waals surface area (Å²) in [6, 6.07) is 0. The molecule has 0 bridgehead atoms. The van der Waals surface area contributed by atoms with Crippen LogP contribution < -0.4 is 0 Å². The van der Waals surface area contributed by atoms with Gasteiger partial charge in [0, 0.05) is 6.92 Å². The number of nitrogens with zero attached hydrogens (tertiary/aromatic N) is 2. The molecule has 1 aliphatic rings. The Morgan fingerprint density at radius 2 is 2.40 bits per heavy atom. The zero-order valence-corrected chi connectivity index (χ0v) is 6.67. The fraction of sp³-hybridized carbons (Fsp3) is 0.857. The van der Waals surface area contributed by atoms with E-state index in [0.717, 1.165) is 19.6 Å². The molecule has 0 aromatic rings. The molecular weight excluding hydrogens is 128 g/mol. The fourth-order valence-corrected chi connectivity index (χ4v) is 1.23. The van der Waals surface area contributed by atoms with E-state index in [1.54, 1.807) is 0 Å². The largest absolute Gasteiger partial charge is 0.392 e. The minimum Gasteiger partial charge on any atom is -0.392 e. The average Bonchev–Trinajstić information content (AvgIpc) is 2.20. The molecule has 0 spiro atoms. The molecule has 1 rings (SSSR count). The van der Waals surface area contributed by atoms with Gasteiger partial charge in [-0.05, 0) is 0 Å². The van der Waals surface area contributed by atoms with Gasteiger partial charge < -0.3 is 5.11 Å². The quantitative estimate of drug-likeness (QED) is 0.520. The van der Waals surface area contributed by atoms with Gasteiger partial charge in [-0.15, -0.1) is 0 Å². The second-order valence-electron chi connectivity index (χ2n) is 2.68. The summed E-state index contributed by atoms with van der Waals surface area (Å²) < 4.78 is 2.20. The Kier molecular flexibility index (Phi) is 2.27. The van der Waals surface area contributed by atoms with Crippen molar-refractivity contribution in [2.45, 2.75) is 6.92 Å². The van der Waals surface area contributed by atoms with Gasteiger partial charge in [-0.3, -0.25) is 9.48 Å². The Hall–Kier alpha value is -0.570. The van der Waals surface area contributed by atoms with Crippen molar-refractivity contribution in [1.29, 1.82) is 0 Å². The molecule has 0 atom stereocenters. The summed E-state index contributed by atoms with van der Waals surface area (Å²) in [5, 5.41) is 8.66. The van der Waals surface area contributed by atoms with Crippen molar-refractivity contribution < 1.29 is 9.68 Å². The summed E-state index contributed by atoms with van der Waals surface area (Å²) in [5.74, 6) is 1.27. The van der Waals surface area contributed by atoms with E-state index in [2.05, 4.69) is 23.4 Å². The highest BCUT2D eigenvalue weighted by atomic mass is 16.3. The first-order chi connectivity index (χ1) is 4.75. The highest BCUT2D eigenvalue weighted by Crippen LogP contribution is 1.97. The van der Waals surface area contributed by atoms with Crippen LogP contribution >= 0.6 is 0 Å². The Morgan fingerprint density at radius 3 is 2.80 bits per heavy atom. The van der Waals surface area contributed by atoms with E-state index in [0.29, 0.717) is 0 Å². The molecule has 0 radical (unpaired) electrons. The Morgan fingerprint density at radius 1 is 1.70 bits per heavy atom. The van der Waals surface area contributed by atoms with Crippen LogP contribution in [0.25, 0.3) is 0 Å². The summed E-state index contributed by atoms with van der Waals surface area (Å²) in [7, 11) is 2.08. The number of likely N-dealkylation sites (N-methyl/N-ethyl adjacent to an activating group) is 1. The molecule has 1 aliphatic heterocycles. The molecule has 0 aromatic carbocycles. The number of β-amino-alcohol motifs (C(OH)–C–C–N with tert-alkyl or cyclic N) is 1. The monoisotopic (exact) mass is 143 g/mol. The summed E-state index contributed by atoms with van der Waals surface area (Å²) in [6.07, 6.45) is 0. The van der Waals surface area contributed by atoms with E-state index in [9.17, 15) is 0 Å². The molecule has 1 N–H and O–H groups in total. The lowest BCUT2D eigenvalue weighted by Gasteiger charge is -2.07. The van der Waals surface area contributed by atoms with E-state index in [1.165, 1.54) is 5.84 Å². The van der Waals surface area contributed by atoms with Crippen LogP contribution in [0.5, 0.6) is 0 Å². The zero-order chi connectivity index (χ0) is 7.56. The van der Waals surface area contributed by atoms with Gasteiger partial charge in [0.2, 0.25) is 5.84 Å².